The first-order valence-corrected chi connectivity index (χ1v) is 8.94. The van der Waals surface area contributed by atoms with Crippen LogP contribution < -0.4 is 0 Å². The van der Waals surface area contributed by atoms with Crippen LogP contribution in [0.25, 0.3) is 0 Å². The molecule has 0 bridgehead atoms. The van der Waals surface area contributed by atoms with E-state index >= 15 is 0 Å². The van der Waals surface area contributed by atoms with Crippen molar-refractivity contribution in [3.05, 3.63) is 76.6 Å². The number of benzene rings is 1. The molecule has 0 aliphatic rings. The summed E-state index contributed by atoms with van der Waals surface area (Å²) in [5.74, 6) is -0.375. The minimum Gasteiger partial charge on any atom is -0.460 e. The molecule has 0 radical (unpaired) electrons. The molecule has 26 heavy (non-hydrogen) atoms. The van der Waals surface area contributed by atoms with Gasteiger partial charge in [-0.2, -0.15) is 0 Å². The topological polar surface area (TPSA) is 42.4 Å². The van der Waals surface area contributed by atoms with Crippen LogP contribution in [-0.4, -0.2) is 41.6 Å². The van der Waals surface area contributed by atoms with Crippen molar-refractivity contribution in [1.29, 1.82) is 0 Å². The van der Waals surface area contributed by atoms with Crippen molar-refractivity contribution in [1.82, 2.24) is 9.88 Å². The predicted molar refractivity (Wildman–Crippen MR) is 106 cm³/mol. The highest BCUT2D eigenvalue weighted by molar-refractivity contribution is 6.42. The molecule has 1 aromatic heterocycles. The number of aromatic nitrogens is 1. The van der Waals surface area contributed by atoms with Crippen LogP contribution in [0, 0.1) is 0 Å². The number of carbonyl (C=O) groups excluding carboxylic acids is 1. The quantitative estimate of drug-likeness (QED) is 0.483. The van der Waals surface area contributed by atoms with Gasteiger partial charge in [0.05, 0.1) is 21.1 Å². The molecule has 0 aliphatic carbocycles. The fourth-order valence-electron chi connectivity index (χ4n) is 2.59. The standard InChI is InChI=1S/C20H22Cl2N2O2/c1-4-11-24(3)20(2,13-15-5-6-17(21)18(22)12-15)14-26-19(25)16-7-9-23-10-8-16/h4-10,12H,1,11,13-14H2,2-3H3/t20-/m0/s1. The summed E-state index contributed by atoms with van der Waals surface area (Å²) in [5, 5.41) is 1.02. The van der Waals surface area contributed by atoms with Gasteiger partial charge in [0.1, 0.15) is 6.61 Å². The molecule has 2 aromatic rings. The van der Waals surface area contributed by atoms with Gasteiger partial charge < -0.3 is 4.74 Å². The maximum absolute atomic E-state index is 12.3. The Balaban J connectivity index is 2.17. The van der Waals surface area contributed by atoms with Crippen LogP contribution in [0.1, 0.15) is 22.8 Å². The number of esters is 1. The summed E-state index contributed by atoms with van der Waals surface area (Å²) in [7, 11) is 1.97. The van der Waals surface area contributed by atoms with Crippen LogP contribution in [-0.2, 0) is 11.2 Å². The van der Waals surface area contributed by atoms with E-state index in [-0.39, 0.29) is 12.6 Å². The maximum atomic E-state index is 12.3. The highest BCUT2D eigenvalue weighted by Gasteiger charge is 2.31. The lowest BCUT2D eigenvalue weighted by Gasteiger charge is -2.38. The fourth-order valence-corrected chi connectivity index (χ4v) is 2.91. The first-order valence-electron chi connectivity index (χ1n) is 8.19. The van der Waals surface area contributed by atoms with Gasteiger partial charge in [-0.1, -0.05) is 35.3 Å². The molecule has 0 N–H and O–H groups in total. The third kappa shape index (κ3) is 5.31. The third-order valence-electron chi connectivity index (χ3n) is 4.32. The number of likely N-dealkylation sites (N-methyl/N-ethyl adjacent to an activating group) is 1. The highest BCUT2D eigenvalue weighted by Crippen LogP contribution is 2.27. The van der Waals surface area contributed by atoms with Crippen molar-refractivity contribution in [3.8, 4) is 0 Å². The molecule has 6 heteroatoms. The van der Waals surface area contributed by atoms with Crippen LogP contribution in [0.2, 0.25) is 10.0 Å². The Morgan fingerprint density at radius 1 is 1.27 bits per heavy atom. The highest BCUT2D eigenvalue weighted by atomic mass is 35.5. The van der Waals surface area contributed by atoms with Crippen molar-refractivity contribution in [2.45, 2.75) is 18.9 Å². The molecule has 0 saturated carbocycles. The van der Waals surface area contributed by atoms with Gasteiger partial charge in [0.15, 0.2) is 0 Å². The van der Waals surface area contributed by atoms with Gasteiger partial charge >= 0.3 is 5.97 Å². The third-order valence-corrected chi connectivity index (χ3v) is 5.06. The van der Waals surface area contributed by atoms with Crippen molar-refractivity contribution in [3.63, 3.8) is 0 Å². The normalized spacial score (nSPS) is 13.3. The Morgan fingerprint density at radius 3 is 2.58 bits per heavy atom. The number of halogens is 2. The summed E-state index contributed by atoms with van der Waals surface area (Å²) < 4.78 is 5.59. The molecule has 138 valence electrons. The van der Waals surface area contributed by atoms with Crippen molar-refractivity contribution < 1.29 is 9.53 Å². The van der Waals surface area contributed by atoms with E-state index in [0.717, 1.165) is 5.56 Å². The number of nitrogens with zero attached hydrogens (tertiary/aromatic N) is 2. The lowest BCUT2D eigenvalue weighted by molar-refractivity contribution is 0.0172. The molecule has 0 fully saturated rings. The van der Waals surface area contributed by atoms with Gasteiger partial charge in [-0.05, 0) is 50.2 Å². The van der Waals surface area contributed by atoms with Crippen LogP contribution in [0.5, 0.6) is 0 Å². The Morgan fingerprint density at radius 2 is 1.96 bits per heavy atom. The minimum absolute atomic E-state index is 0.221. The molecule has 1 heterocycles. The first-order chi connectivity index (χ1) is 12.4. The summed E-state index contributed by atoms with van der Waals surface area (Å²) in [4.78, 5) is 18.3. The summed E-state index contributed by atoms with van der Waals surface area (Å²) in [6, 6.07) is 8.81. The smallest absolute Gasteiger partial charge is 0.338 e. The molecule has 0 aliphatic heterocycles. The second kappa shape index (κ2) is 9.17. The molecular formula is C20H22Cl2N2O2. The average Bonchev–Trinajstić information content (AvgIpc) is 2.64. The second-order valence-electron chi connectivity index (χ2n) is 6.40. The van der Waals surface area contributed by atoms with Crippen molar-refractivity contribution >= 4 is 29.2 Å². The zero-order valence-corrected chi connectivity index (χ0v) is 16.4. The van der Waals surface area contributed by atoms with Gasteiger partial charge in [0, 0.05) is 18.9 Å². The van der Waals surface area contributed by atoms with Gasteiger partial charge in [0.2, 0.25) is 0 Å². The van der Waals surface area contributed by atoms with E-state index < -0.39 is 5.54 Å². The molecule has 1 atom stereocenters. The second-order valence-corrected chi connectivity index (χ2v) is 7.22. The molecule has 2 rings (SSSR count). The Bertz CT molecular complexity index is 768. The zero-order valence-electron chi connectivity index (χ0n) is 14.9. The van der Waals surface area contributed by atoms with Crippen molar-refractivity contribution in [2.75, 3.05) is 20.2 Å². The van der Waals surface area contributed by atoms with E-state index in [1.165, 1.54) is 0 Å². The Labute approximate surface area is 164 Å². The molecule has 1 aromatic carbocycles. The zero-order chi connectivity index (χ0) is 19.2. The Hall–Kier alpha value is -1.88. The Kier molecular flexibility index (Phi) is 7.21. The van der Waals surface area contributed by atoms with Gasteiger partial charge in [-0.15, -0.1) is 6.58 Å². The van der Waals surface area contributed by atoms with Crippen LogP contribution in [0.3, 0.4) is 0 Å². The predicted octanol–water partition coefficient (Wildman–Crippen LogP) is 4.66. The number of hydrogen-bond donors (Lipinski definition) is 0. The van der Waals surface area contributed by atoms with Crippen LogP contribution in [0.15, 0.2) is 55.4 Å². The van der Waals surface area contributed by atoms with E-state index in [4.69, 9.17) is 27.9 Å². The van der Waals surface area contributed by atoms with Crippen LogP contribution >= 0.6 is 23.2 Å². The number of ether oxygens (including phenoxy) is 1. The summed E-state index contributed by atoms with van der Waals surface area (Å²) in [6.45, 7) is 6.71. The average molecular weight is 393 g/mol. The summed E-state index contributed by atoms with van der Waals surface area (Å²) in [6.07, 6.45) is 5.58. The van der Waals surface area contributed by atoms with E-state index in [9.17, 15) is 4.79 Å². The van der Waals surface area contributed by atoms with Gasteiger partial charge in [-0.3, -0.25) is 9.88 Å². The molecule has 0 unspecified atom stereocenters. The monoisotopic (exact) mass is 392 g/mol. The molecule has 0 amide bonds. The van der Waals surface area contributed by atoms with Crippen LogP contribution in [0.4, 0.5) is 0 Å². The SMILES string of the molecule is C=CCN(C)[C@](C)(COC(=O)c1ccncc1)Cc1ccc(Cl)c(Cl)c1. The van der Waals surface area contributed by atoms with E-state index in [1.54, 1.807) is 30.6 Å². The summed E-state index contributed by atoms with van der Waals surface area (Å²) in [5.41, 5.74) is 1.05. The molecule has 0 saturated heterocycles. The van der Waals surface area contributed by atoms with Gasteiger partial charge in [-0.25, -0.2) is 4.79 Å². The number of rotatable bonds is 8. The number of carbonyl (C=O) groups is 1. The molecular weight excluding hydrogens is 371 g/mol. The van der Waals surface area contributed by atoms with E-state index in [0.29, 0.717) is 28.6 Å². The summed E-state index contributed by atoms with van der Waals surface area (Å²) >= 11 is 12.1. The van der Waals surface area contributed by atoms with E-state index in [1.807, 2.05) is 32.2 Å². The lowest BCUT2D eigenvalue weighted by atomic mass is 9.92. The number of hydrogen-bond acceptors (Lipinski definition) is 4. The van der Waals surface area contributed by atoms with E-state index in [2.05, 4.69) is 16.5 Å². The van der Waals surface area contributed by atoms with Crippen molar-refractivity contribution in [2.24, 2.45) is 0 Å². The minimum atomic E-state index is -0.436. The molecule has 4 nitrogen and oxygen atoms in total. The largest absolute Gasteiger partial charge is 0.460 e. The van der Waals surface area contributed by atoms with Gasteiger partial charge in [0.25, 0.3) is 0 Å². The fraction of sp³-hybridized carbons (Fsp3) is 0.300. The maximum Gasteiger partial charge on any atom is 0.338 e. The number of pyridine rings is 1. The lowest BCUT2D eigenvalue weighted by Crippen LogP contribution is -2.50. The molecule has 0 spiro atoms. The first kappa shape index (κ1) is 20.4.